The zero-order chi connectivity index (χ0) is 28.9. The minimum absolute atomic E-state index is 0.0353. The van der Waals surface area contributed by atoms with E-state index in [0.717, 1.165) is 37.6 Å². The van der Waals surface area contributed by atoms with Crippen molar-refractivity contribution >= 4 is 65.4 Å². The molecular formula is C29H31BrN2O6S2. The van der Waals surface area contributed by atoms with Crippen LogP contribution in [0.2, 0.25) is 0 Å². The molecule has 1 aromatic heterocycles. The van der Waals surface area contributed by atoms with Crippen LogP contribution < -0.4 is 14.4 Å². The quantitative estimate of drug-likeness (QED) is 0.124. The van der Waals surface area contributed by atoms with Gasteiger partial charge >= 0.3 is 0 Å². The average molecular weight is 648 g/mol. The first kappa shape index (κ1) is 30.0. The molecule has 0 radical (unpaired) electrons. The second-order valence-corrected chi connectivity index (χ2v) is 12.5. The van der Waals surface area contributed by atoms with Crippen molar-refractivity contribution < 1.29 is 26.8 Å². The Balaban J connectivity index is 1.47. The van der Waals surface area contributed by atoms with E-state index in [9.17, 15) is 8.42 Å². The molecule has 1 heterocycles. The third kappa shape index (κ3) is 7.02. The fraction of sp³-hybridized carbons (Fsp3) is 0.276. The number of methoxy groups -OCH3 is 2. The Morgan fingerprint density at radius 1 is 1.05 bits per heavy atom. The second-order valence-electron chi connectivity index (χ2n) is 9.05. The van der Waals surface area contributed by atoms with Crippen LogP contribution in [0.1, 0.15) is 21.7 Å². The molecule has 0 saturated carbocycles. The van der Waals surface area contributed by atoms with Crippen molar-refractivity contribution in [1.82, 2.24) is 4.98 Å². The molecule has 3 aromatic carbocycles. The zero-order valence-corrected chi connectivity index (χ0v) is 26.2. The van der Waals surface area contributed by atoms with Gasteiger partial charge in [-0.05, 0) is 83.9 Å². The highest BCUT2D eigenvalue weighted by Crippen LogP contribution is 2.38. The van der Waals surface area contributed by atoms with E-state index in [2.05, 4.69) is 22.0 Å². The normalized spacial score (nSPS) is 11.8. The van der Waals surface area contributed by atoms with E-state index < -0.39 is 10.1 Å². The second kappa shape index (κ2) is 13.1. The Bertz CT molecular complexity index is 1620. The van der Waals surface area contributed by atoms with Gasteiger partial charge in [-0.2, -0.15) is 8.42 Å². The highest BCUT2D eigenvalue weighted by atomic mass is 79.9. The average Bonchev–Trinajstić information content (AvgIpc) is 3.32. The number of aryl methyl sites for hydroxylation is 2. The molecule has 0 aliphatic carbocycles. The van der Waals surface area contributed by atoms with E-state index in [1.54, 1.807) is 49.8 Å². The summed E-state index contributed by atoms with van der Waals surface area (Å²) < 4.78 is 48.2. The van der Waals surface area contributed by atoms with Gasteiger partial charge in [-0.25, -0.2) is 4.98 Å². The minimum Gasteiger partial charge on any atom is -0.495 e. The fourth-order valence-corrected chi connectivity index (χ4v) is 6.45. The molecule has 0 unspecified atom stereocenters. The van der Waals surface area contributed by atoms with Crippen molar-refractivity contribution in [3.05, 3.63) is 74.7 Å². The smallest absolute Gasteiger partial charge is 0.297 e. The van der Waals surface area contributed by atoms with Crippen molar-refractivity contribution in [1.29, 1.82) is 0 Å². The standard InChI is InChI=1S/C29H31BrN2O6S2/c1-19-6-10-22(11-7-19)40(33,34)38-15-14-32(3)24-17-26-23(16-20(24)2)31-27(39-26)13-9-21-8-12-25(37-18-35-4)28(30)29(21)36-5/h6-13,16-17H,14-15,18H2,1-5H3. The molecule has 40 heavy (non-hydrogen) atoms. The lowest BCUT2D eigenvalue weighted by molar-refractivity contribution is 0.0504. The van der Waals surface area contributed by atoms with Crippen molar-refractivity contribution in [3.8, 4) is 11.5 Å². The summed E-state index contributed by atoms with van der Waals surface area (Å²) in [4.78, 5) is 6.92. The van der Waals surface area contributed by atoms with Crippen LogP contribution in [0.5, 0.6) is 11.5 Å². The van der Waals surface area contributed by atoms with E-state index in [4.69, 9.17) is 23.4 Å². The van der Waals surface area contributed by atoms with Gasteiger partial charge in [0.1, 0.15) is 21.0 Å². The number of hydrogen-bond acceptors (Lipinski definition) is 9. The molecule has 0 aliphatic rings. The van der Waals surface area contributed by atoms with E-state index in [-0.39, 0.29) is 18.3 Å². The number of thiazole rings is 1. The summed E-state index contributed by atoms with van der Waals surface area (Å²) >= 11 is 5.12. The Labute approximate surface area is 247 Å². The molecule has 4 aromatic rings. The third-order valence-corrected chi connectivity index (χ3v) is 9.20. The highest BCUT2D eigenvalue weighted by Gasteiger charge is 2.16. The van der Waals surface area contributed by atoms with Crippen molar-refractivity contribution in [2.24, 2.45) is 0 Å². The van der Waals surface area contributed by atoms with Gasteiger partial charge in [0.15, 0.2) is 6.79 Å². The molecular weight excluding hydrogens is 616 g/mol. The summed E-state index contributed by atoms with van der Waals surface area (Å²) in [6.07, 6.45) is 3.90. The van der Waals surface area contributed by atoms with Crippen molar-refractivity contribution in [3.63, 3.8) is 0 Å². The first-order valence-electron chi connectivity index (χ1n) is 12.4. The summed E-state index contributed by atoms with van der Waals surface area (Å²) in [5.74, 6) is 1.28. The maximum absolute atomic E-state index is 12.5. The zero-order valence-electron chi connectivity index (χ0n) is 22.9. The summed E-state index contributed by atoms with van der Waals surface area (Å²) in [5.41, 5.74) is 4.78. The van der Waals surface area contributed by atoms with Gasteiger partial charge in [-0.3, -0.25) is 4.18 Å². The van der Waals surface area contributed by atoms with Crippen molar-refractivity contribution in [2.45, 2.75) is 18.7 Å². The molecule has 8 nitrogen and oxygen atoms in total. The number of nitrogens with zero attached hydrogens (tertiary/aromatic N) is 2. The minimum atomic E-state index is -3.81. The summed E-state index contributed by atoms with van der Waals surface area (Å²) in [6, 6.07) is 14.5. The Kier molecular flexibility index (Phi) is 9.85. The van der Waals surface area contributed by atoms with Gasteiger partial charge in [-0.15, -0.1) is 11.3 Å². The predicted molar refractivity (Wildman–Crippen MR) is 164 cm³/mol. The summed E-state index contributed by atoms with van der Waals surface area (Å²) in [6.45, 7) is 4.50. The van der Waals surface area contributed by atoms with Gasteiger partial charge in [0, 0.05) is 32.0 Å². The van der Waals surface area contributed by atoms with Gasteiger partial charge in [0.05, 0.1) is 28.8 Å². The van der Waals surface area contributed by atoms with Crippen molar-refractivity contribution in [2.75, 3.05) is 46.1 Å². The third-order valence-electron chi connectivity index (χ3n) is 6.14. The lowest BCUT2D eigenvalue weighted by Crippen LogP contribution is -2.24. The van der Waals surface area contributed by atoms with Gasteiger partial charge < -0.3 is 19.1 Å². The van der Waals surface area contributed by atoms with Crippen LogP contribution in [0.15, 0.2) is 57.9 Å². The fourth-order valence-electron chi connectivity index (χ4n) is 4.03. The number of fused-ring (bicyclic) bond motifs is 1. The van der Waals surface area contributed by atoms with Crippen LogP contribution in [0.25, 0.3) is 22.4 Å². The number of rotatable bonds is 12. The van der Waals surface area contributed by atoms with Crippen LogP contribution in [-0.2, 0) is 19.0 Å². The number of likely N-dealkylation sites (N-methyl/N-ethyl adjacent to an activating group) is 1. The number of ether oxygens (including phenoxy) is 3. The highest BCUT2D eigenvalue weighted by molar-refractivity contribution is 9.10. The largest absolute Gasteiger partial charge is 0.495 e. The number of hydrogen-bond donors (Lipinski definition) is 0. The number of anilines is 1. The first-order valence-corrected chi connectivity index (χ1v) is 15.4. The van der Waals surface area contributed by atoms with Crippen LogP contribution in [-0.4, -0.2) is 54.6 Å². The molecule has 11 heteroatoms. The molecule has 0 bridgehead atoms. The molecule has 212 valence electrons. The predicted octanol–water partition coefficient (Wildman–Crippen LogP) is 6.68. The maximum atomic E-state index is 12.5. The molecule has 0 N–H and O–H groups in total. The molecule has 0 atom stereocenters. The molecule has 0 aliphatic heterocycles. The lowest BCUT2D eigenvalue weighted by Gasteiger charge is -2.21. The number of aromatic nitrogens is 1. The van der Waals surface area contributed by atoms with Gasteiger partial charge in [-0.1, -0.05) is 17.7 Å². The Morgan fingerprint density at radius 2 is 1.80 bits per heavy atom. The monoisotopic (exact) mass is 646 g/mol. The molecule has 0 fully saturated rings. The van der Waals surface area contributed by atoms with Crippen LogP contribution in [0, 0.1) is 13.8 Å². The van der Waals surface area contributed by atoms with Crippen LogP contribution >= 0.6 is 27.3 Å². The van der Waals surface area contributed by atoms with Crippen LogP contribution in [0.4, 0.5) is 5.69 Å². The summed E-state index contributed by atoms with van der Waals surface area (Å²) in [5, 5.41) is 0.847. The number of halogens is 1. The molecule has 0 spiro atoms. The van der Waals surface area contributed by atoms with E-state index in [0.29, 0.717) is 22.5 Å². The first-order chi connectivity index (χ1) is 19.1. The Hall–Kier alpha value is -2.96. The number of benzene rings is 3. The van der Waals surface area contributed by atoms with E-state index in [1.165, 1.54) is 0 Å². The van der Waals surface area contributed by atoms with Gasteiger partial charge in [0.25, 0.3) is 10.1 Å². The molecule has 4 rings (SSSR count). The molecule has 0 saturated heterocycles. The summed E-state index contributed by atoms with van der Waals surface area (Å²) in [7, 11) is 1.29. The Morgan fingerprint density at radius 3 is 2.50 bits per heavy atom. The van der Waals surface area contributed by atoms with Crippen LogP contribution in [0.3, 0.4) is 0 Å². The molecule has 0 amide bonds. The van der Waals surface area contributed by atoms with E-state index >= 15 is 0 Å². The van der Waals surface area contributed by atoms with E-state index in [1.807, 2.05) is 56.1 Å². The maximum Gasteiger partial charge on any atom is 0.297 e. The lowest BCUT2D eigenvalue weighted by atomic mass is 10.1. The topological polar surface area (TPSA) is 87.2 Å². The van der Waals surface area contributed by atoms with Gasteiger partial charge in [0.2, 0.25) is 0 Å². The SMILES string of the molecule is COCOc1ccc(C=Cc2nc3cc(C)c(N(C)CCOS(=O)(=O)c4ccc(C)cc4)cc3s2)c(OC)c1Br.